The van der Waals surface area contributed by atoms with Gasteiger partial charge in [0.05, 0.1) is 5.69 Å². The summed E-state index contributed by atoms with van der Waals surface area (Å²) >= 11 is 6.22. The van der Waals surface area contributed by atoms with Crippen molar-refractivity contribution < 1.29 is 14.7 Å². The number of fused-ring (bicyclic) bond motifs is 3. The number of hydrogen-bond donors (Lipinski definition) is 2. The number of benzene rings is 3. The highest BCUT2D eigenvalue weighted by Gasteiger charge is 2.52. The van der Waals surface area contributed by atoms with Gasteiger partial charge >= 0.3 is 0 Å². The number of nitrogens with one attached hydrogen (secondary N) is 1. The highest BCUT2D eigenvalue weighted by Crippen LogP contribution is 2.48. The number of nitrogens with zero attached hydrogens (tertiary/aromatic N) is 4. The topological polar surface area (TPSA) is 100 Å². The van der Waals surface area contributed by atoms with Crippen LogP contribution in [0.1, 0.15) is 29.5 Å². The molecule has 2 N–H and O–H groups in total. The molecule has 1 saturated heterocycles. The van der Waals surface area contributed by atoms with Crippen LogP contribution in [-0.2, 0) is 21.7 Å². The van der Waals surface area contributed by atoms with Crippen LogP contribution in [0.3, 0.4) is 0 Å². The Morgan fingerprint density at radius 3 is 2.43 bits per heavy atom. The molecule has 8 nitrogen and oxygen atoms in total. The summed E-state index contributed by atoms with van der Waals surface area (Å²) in [6.07, 6.45) is 4.19. The number of halogens is 1. The largest absolute Gasteiger partial charge is 0.372 e. The Bertz CT molecular complexity index is 1460. The van der Waals surface area contributed by atoms with Crippen LogP contribution in [-0.4, -0.2) is 49.2 Å². The van der Waals surface area contributed by atoms with Crippen LogP contribution in [0.5, 0.6) is 0 Å². The number of likely N-dealkylation sites (tertiary alicyclic amines) is 1. The second-order valence-electron chi connectivity index (χ2n) is 9.29. The van der Waals surface area contributed by atoms with Crippen molar-refractivity contribution in [1.82, 2.24) is 25.0 Å². The van der Waals surface area contributed by atoms with Gasteiger partial charge in [-0.15, -0.1) is 0 Å². The lowest BCUT2D eigenvalue weighted by Gasteiger charge is -2.32. The van der Waals surface area contributed by atoms with E-state index in [9.17, 15) is 14.7 Å². The standard InChI is InChI=1S/C28H24ClN5O3/c29-19-11-12-24(34-17-30-16-32-34)18(14-19)15-31-26(35)25-10-5-13-33(25)27(36)28(37)22-8-3-1-6-20(22)21-7-2-4-9-23(21)28/h1-4,6-9,11-12,14,16-17,25,37H,5,10,13,15H2,(H,31,35). The van der Waals surface area contributed by atoms with Gasteiger partial charge in [-0.1, -0.05) is 60.1 Å². The van der Waals surface area contributed by atoms with E-state index >= 15 is 0 Å². The predicted octanol–water partition coefficient (Wildman–Crippen LogP) is 3.44. The highest BCUT2D eigenvalue weighted by molar-refractivity contribution is 6.30. The summed E-state index contributed by atoms with van der Waals surface area (Å²) in [5.74, 6) is -0.757. The Hall–Kier alpha value is -4.01. The lowest BCUT2D eigenvalue weighted by molar-refractivity contribution is -0.151. The van der Waals surface area contributed by atoms with E-state index in [0.717, 1.165) is 22.4 Å². The molecular weight excluding hydrogens is 490 g/mol. The quantitative estimate of drug-likeness (QED) is 0.426. The van der Waals surface area contributed by atoms with Gasteiger partial charge in [-0.05, 0) is 47.7 Å². The third-order valence-corrected chi connectivity index (χ3v) is 7.44. The molecule has 1 aliphatic heterocycles. The maximum absolute atomic E-state index is 14.0. The Kier molecular flexibility index (Phi) is 5.78. The molecule has 1 aliphatic carbocycles. The number of amides is 2. The summed E-state index contributed by atoms with van der Waals surface area (Å²) in [6, 6.07) is 19.4. The monoisotopic (exact) mass is 513 g/mol. The van der Waals surface area contributed by atoms with Crippen molar-refractivity contribution in [3.63, 3.8) is 0 Å². The van der Waals surface area contributed by atoms with Crippen LogP contribution in [0.15, 0.2) is 79.4 Å². The van der Waals surface area contributed by atoms with Gasteiger partial charge in [0.15, 0.2) is 5.60 Å². The first-order valence-electron chi connectivity index (χ1n) is 12.1. The summed E-state index contributed by atoms with van der Waals surface area (Å²) in [5.41, 5.74) is 2.41. The minimum absolute atomic E-state index is 0.197. The molecule has 0 saturated carbocycles. The number of aliphatic hydroxyl groups is 1. The van der Waals surface area contributed by atoms with Gasteiger partial charge < -0.3 is 15.3 Å². The van der Waals surface area contributed by atoms with E-state index in [1.165, 1.54) is 11.2 Å². The van der Waals surface area contributed by atoms with Gasteiger partial charge in [-0.3, -0.25) is 9.59 Å². The van der Waals surface area contributed by atoms with Crippen LogP contribution in [0, 0.1) is 0 Å². The van der Waals surface area contributed by atoms with Crippen molar-refractivity contribution in [3.05, 3.63) is 101 Å². The van der Waals surface area contributed by atoms with Gasteiger partial charge in [0.25, 0.3) is 5.91 Å². The molecule has 1 fully saturated rings. The maximum atomic E-state index is 14.0. The predicted molar refractivity (Wildman–Crippen MR) is 138 cm³/mol. The smallest absolute Gasteiger partial charge is 0.264 e. The molecule has 1 atom stereocenters. The van der Waals surface area contributed by atoms with E-state index in [0.29, 0.717) is 35.5 Å². The number of hydrogen-bond acceptors (Lipinski definition) is 5. The molecule has 1 aromatic heterocycles. The highest BCUT2D eigenvalue weighted by atomic mass is 35.5. The molecule has 0 spiro atoms. The summed E-state index contributed by atoms with van der Waals surface area (Å²) in [6.45, 7) is 0.591. The van der Waals surface area contributed by atoms with Crippen LogP contribution >= 0.6 is 11.6 Å². The third-order valence-electron chi connectivity index (χ3n) is 7.21. The molecular formula is C28H24ClN5O3. The lowest BCUT2D eigenvalue weighted by Crippen LogP contribution is -2.52. The van der Waals surface area contributed by atoms with Crippen molar-refractivity contribution in [2.45, 2.75) is 31.0 Å². The molecule has 9 heteroatoms. The van der Waals surface area contributed by atoms with E-state index < -0.39 is 17.6 Å². The van der Waals surface area contributed by atoms with Gasteiger partial charge in [0, 0.05) is 29.2 Å². The fraction of sp³-hybridized carbons (Fsp3) is 0.214. The van der Waals surface area contributed by atoms with Crippen molar-refractivity contribution in [2.24, 2.45) is 0 Å². The number of aromatic nitrogens is 3. The first-order chi connectivity index (χ1) is 18.0. The first-order valence-corrected chi connectivity index (χ1v) is 12.5. The Labute approximate surface area is 218 Å². The Balaban J connectivity index is 1.26. The summed E-state index contributed by atoms with van der Waals surface area (Å²) in [7, 11) is 0. The van der Waals surface area contributed by atoms with Gasteiger partial charge in [0.2, 0.25) is 5.91 Å². The second kappa shape index (κ2) is 9.14. The van der Waals surface area contributed by atoms with E-state index in [-0.39, 0.29) is 12.5 Å². The summed E-state index contributed by atoms with van der Waals surface area (Å²) in [4.78, 5) is 32.9. The molecule has 0 radical (unpaired) electrons. The molecule has 6 rings (SSSR count). The fourth-order valence-corrected chi connectivity index (χ4v) is 5.68. The summed E-state index contributed by atoms with van der Waals surface area (Å²) in [5, 5.41) is 19.6. The molecule has 3 aromatic carbocycles. The molecule has 2 heterocycles. The Morgan fingerprint density at radius 2 is 1.76 bits per heavy atom. The number of carbonyl (C=O) groups is 2. The van der Waals surface area contributed by atoms with Crippen LogP contribution in [0.25, 0.3) is 16.8 Å². The van der Waals surface area contributed by atoms with Gasteiger partial charge in [-0.25, -0.2) is 9.67 Å². The van der Waals surface area contributed by atoms with Crippen molar-refractivity contribution >= 4 is 23.4 Å². The number of rotatable bonds is 5. The van der Waals surface area contributed by atoms with Crippen molar-refractivity contribution in [3.8, 4) is 16.8 Å². The normalized spacial score (nSPS) is 17.4. The molecule has 4 aromatic rings. The average molecular weight is 514 g/mol. The van der Waals surface area contributed by atoms with Crippen LogP contribution in [0.4, 0.5) is 0 Å². The molecule has 0 bridgehead atoms. The second-order valence-corrected chi connectivity index (χ2v) is 9.73. The van der Waals surface area contributed by atoms with E-state index in [1.54, 1.807) is 35.3 Å². The Morgan fingerprint density at radius 1 is 1.05 bits per heavy atom. The zero-order valence-electron chi connectivity index (χ0n) is 19.8. The molecule has 37 heavy (non-hydrogen) atoms. The van der Waals surface area contributed by atoms with Crippen molar-refractivity contribution in [2.75, 3.05) is 6.54 Å². The zero-order valence-corrected chi connectivity index (χ0v) is 20.6. The summed E-state index contributed by atoms with van der Waals surface area (Å²) < 4.78 is 1.60. The van der Waals surface area contributed by atoms with E-state index in [4.69, 9.17) is 11.6 Å². The van der Waals surface area contributed by atoms with Crippen LogP contribution < -0.4 is 5.32 Å². The number of carbonyl (C=O) groups excluding carboxylic acids is 2. The lowest BCUT2D eigenvalue weighted by atomic mass is 9.89. The minimum Gasteiger partial charge on any atom is -0.372 e. The van der Waals surface area contributed by atoms with E-state index in [2.05, 4.69) is 15.4 Å². The molecule has 1 unspecified atom stereocenters. The third kappa shape index (κ3) is 3.80. The van der Waals surface area contributed by atoms with Crippen LogP contribution in [0.2, 0.25) is 5.02 Å². The SMILES string of the molecule is O=C(NCc1cc(Cl)ccc1-n1cncn1)C1CCCN1C(=O)C1(O)c2ccccc2-c2ccccc21. The fourth-order valence-electron chi connectivity index (χ4n) is 5.48. The minimum atomic E-state index is -1.84. The molecule has 186 valence electrons. The first kappa shape index (κ1) is 23.4. The van der Waals surface area contributed by atoms with Gasteiger partial charge in [-0.2, -0.15) is 5.10 Å². The maximum Gasteiger partial charge on any atom is 0.264 e. The zero-order chi connectivity index (χ0) is 25.6. The molecule has 2 amide bonds. The van der Waals surface area contributed by atoms with Gasteiger partial charge in [0.1, 0.15) is 18.7 Å². The van der Waals surface area contributed by atoms with E-state index in [1.807, 2.05) is 42.5 Å². The molecule has 2 aliphatic rings. The average Bonchev–Trinajstić information content (AvgIpc) is 3.68. The van der Waals surface area contributed by atoms with Crippen molar-refractivity contribution in [1.29, 1.82) is 0 Å².